The Morgan fingerprint density at radius 2 is 2.17 bits per heavy atom. The second kappa shape index (κ2) is 7.12. The molecule has 8 heteroatoms. The molecule has 102 valence electrons. The number of nitrogens with one attached hydrogen (secondary N) is 1. The second-order valence-electron chi connectivity index (χ2n) is 3.75. The minimum Gasteiger partial charge on any atom is -0.394 e. The minimum absolute atomic E-state index is 0. The Hall–Kier alpha value is -1.41. The molecule has 0 heterocycles. The molecule has 0 aliphatic heterocycles. The Morgan fingerprint density at radius 1 is 1.56 bits per heavy atom. The molecule has 18 heavy (non-hydrogen) atoms. The number of nitro groups is 1. The zero-order valence-corrected chi connectivity index (χ0v) is 10.6. The lowest BCUT2D eigenvalue weighted by Crippen LogP contribution is -2.19. The molecule has 0 aliphatic rings. The fraction of sp³-hybridized carbons (Fsp3) is 0.400. The van der Waals surface area contributed by atoms with E-state index in [1.165, 1.54) is 6.07 Å². The van der Waals surface area contributed by atoms with E-state index in [9.17, 15) is 15.2 Å². The summed E-state index contributed by atoms with van der Waals surface area (Å²) in [5.74, 6) is 5.29. The van der Waals surface area contributed by atoms with Gasteiger partial charge in [0.25, 0.3) is 5.69 Å². The zero-order chi connectivity index (χ0) is 13.0. The monoisotopic (exact) mass is 277 g/mol. The molecule has 0 fully saturated rings. The Bertz CT molecular complexity index is 428. The topological polar surface area (TPSA) is 122 Å². The van der Waals surface area contributed by atoms with Gasteiger partial charge in [-0.05, 0) is 18.6 Å². The molecule has 5 N–H and O–H groups in total. The van der Waals surface area contributed by atoms with Gasteiger partial charge in [-0.2, -0.15) is 0 Å². The first-order valence-corrected chi connectivity index (χ1v) is 5.03. The van der Waals surface area contributed by atoms with Crippen LogP contribution in [-0.4, -0.2) is 27.8 Å². The number of hydrogen-bond donors (Lipinski definition) is 4. The number of aliphatic hydroxyl groups excluding tert-OH is 2. The van der Waals surface area contributed by atoms with Crippen LogP contribution in [0.2, 0.25) is 0 Å². The summed E-state index contributed by atoms with van der Waals surface area (Å²) >= 11 is 0. The van der Waals surface area contributed by atoms with Crippen molar-refractivity contribution in [2.75, 3.05) is 12.0 Å². The van der Waals surface area contributed by atoms with Crippen molar-refractivity contribution in [3.63, 3.8) is 0 Å². The zero-order valence-electron chi connectivity index (χ0n) is 9.79. The van der Waals surface area contributed by atoms with Crippen molar-refractivity contribution in [1.29, 1.82) is 0 Å². The molecule has 0 aromatic heterocycles. The normalized spacial score (nSPS) is 11.6. The lowest BCUT2D eigenvalue weighted by molar-refractivity contribution is -0.385. The lowest BCUT2D eigenvalue weighted by Gasteiger charge is -2.13. The Balaban J connectivity index is 0.00000289. The van der Waals surface area contributed by atoms with E-state index in [1.54, 1.807) is 13.0 Å². The van der Waals surface area contributed by atoms with Gasteiger partial charge in [-0.15, -0.1) is 12.4 Å². The molecule has 1 atom stereocenters. The molecule has 0 spiro atoms. The van der Waals surface area contributed by atoms with Gasteiger partial charge in [-0.3, -0.25) is 16.0 Å². The van der Waals surface area contributed by atoms with Crippen molar-refractivity contribution in [2.45, 2.75) is 19.4 Å². The largest absolute Gasteiger partial charge is 0.394 e. The highest BCUT2D eigenvalue weighted by molar-refractivity contribution is 5.85. The molecule has 0 saturated carbocycles. The summed E-state index contributed by atoms with van der Waals surface area (Å²) in [5, 5.41) is 29.0. The van der Waals surface area contributed by atoms with Crippen LogP contribution in [0.4, 0.5) is 11.4 Å². The van der Waals surface area contributed by atoms with Crippen molar-refractivity contribution in [3.05, 3.63) is 33.4 Å². The van der Waals surface area contributed by atoms with Crippen LogP contribution in [0, 0.1) is 17.0 Å². The third kappa shape index (κ3) is 3.81. The summed E-state index contributed by atoms with van der Waals surface area (Å²) in [7, 11) is 0. The van der Waals surface area contributed by atoms with E-state index in [0.717, 1.165) is 0 Å². The number of halogens is 1. The second-order valence-corrected chi connectivity index (χ2v) is 3.75. The van der Waals surface area contributed by atoms with E-state index in [0.29, 0.717) is 11.3 Å². The van der Waals surface area contributed by atoms with E-state index in [-0.39, 0.29) is 30.1 Å². The van der Waals surface area contributed by atoms with Gasteiger partial charge < -0.3 is 15.6 Å². The lowest BCUT2D eigenvalue weighted by atomic mass is 10.0. The third-order valence-electron chi connectivity index (χ3n) is 2.37. The summed E-state index contributed by atoms with van der Waals surface area (Å²) in [4.78, 5) is 10.4. The standard InChI is InChI=1S/C10H15N3O4.ClH/c1-6-2-9(12-11)8(4-7(15)5-14)10(3-6)13(16)17;/h2-3,7,12,14-15H,4-5,11H2,1H3;1H. The number of hydrogen-bond acceptors (Lipinski definition) is 6. The van der Waals surface area contributed by atoms with Gasteiger partial charge in [-0.1, -0.05) is 0 Å². The highest BCUT2D eigenvalue weighted by Gasteiger charge is 2.20. The van der Waals surface area contributed by atoms with Crippen LogP contribution in [0.5, 0.6) is 0 Å². The maximum atomic E-state index is 10.9. The number of aliphatic hydroxyl groups is 2. The van der Waals surface area contributed by atoms with Gasteiger partial charge >= 0.3 is 0 Å². The molecular weight excluding hydrogens is 262 g/mol. The number of anilines is 1. The number of nitrogens with two attached hydrogens (primary N) is 1. The predicted octanol–water partition coefficient (Wildman–Crippen LogP) is 0.506. The first-order chi connectivity index (χ1) is 7.99. The van der Waals surface area contributed by atoms with Crippen LogP contribution >= 0.6 is 12.4 Å². The number of aryl methyl sites for hydroxylation is 1. The van der Waals surface area contributed by atoms with E-state index >= 15 is 0 Å². The van der Waals surface area contributed by atoms with Crippen molar-refractivity contribution < 1.29 is 15.1 Å². The average Bonchev–Trinajstić information content (AvgIpc) is 2.30. The van der Waals surface area contributed by atoms with E-state index in [4.69, 9.17) is 10.9 Å². The molecule has 0 saturated heterocycles. The molecule has 1 aromatic carbocycles. The number of hydrazine groups is 1. The Labute approximate surface area is 110 Å². The summed E-state index contributed by atoms with van der Waals surface area (Å²) in [6.07, 6.45) is -1.09. The van der Waals surface area contributed by atoms with Crippen molar-refractivity contribution in [3.8, 4) is 0 Å². The van der Waals surface area contributed by atoms with E-state index in [2.05, 4.69) is 5.43 Å². The quantitative estimate of drug-likeness (QED) is 0.353. The molecule has 1 unspecified atom stereocenters. The molecular formula is C10H16ClN3O4. The summed E-state index contributed by atoms with van der Waals surface area (Å²) in [6, 6.07) is 3.05. The van der Waals surface area contributed by atoms with Gasteiger partial charge in [0.05, 0.1) is 28.9 Å². The molecule has 7 nitrogen and oxygen atoms in total. The number of nitrogen functional groups attached to an aromatic ring is 1. The number of rotatable bonds is 5. The van der Waals surface area contributed by atoms with Gasteiger partial charge in [0.1, 0.15) is 0 Å². The smallest absolute Gasteiger partial charge is 0.275 e. The fourth-order valence-electron chi connectivity index (χ4n) is 1.60. The summed E-state index contributed by atoms with van der Waals surface area (Å²) in [6.45, 7) is 1.25. The Kier molecular flexibility index (Phi) is 6.56. The Morgan fingerprint density at radius 3 is 2.61 bits per heavy atom. The SMILES string of the molecule is Cc1cc(NN)c(CC(O)CO)c([N+](=O)[O-])c1.Cl. The molecule has 0 bridgehead atoms. The van der Waals surface area contributed by atoms with E-state index in [1.807, 2.05) is 0 Å². The number of nitrogens with zero attached hydrogens (tertiary/aromatic N) is 1. The minimum atomic E-state index is -1.05. The fourth-order valence-corrected chi connectivity index (χ4v) is 1.60. The molecule has 0 aliphatic carbocycles. The summed E-state index contributed by atoms with van der Waals surface area (Å²) < 4.78 is 0. The third-order valence-corrected chi connectivity index (χ3v) is 2.37. The molecule has 1 aromatic rings. The summed E-state index contributed by atoms with van der Waals surface area (Å²) in [5.41, 5.74) is 3.59. The van der Waals surface area contributed by atoms with Crippen molar-refractivity contribution >= 4 is 23.8 Å². The van der Waals surface area contributed by atoms with Gasteiger partial charge in [0, 0.05) is 12.5 Å². The van der Waals surface area contributed by atoms with Crippen LogP contribution < -0.4 is 11.3 Å². The van der Waals surface area contributed by atoms with Crippen LogP contribution in [0.1, 0.15) is 11.1 Å². The van der Waals surface area contributed by atoms with E-state index < -0.39 is 17.6 Å². The average molecular weight is 278 g/mol. The maximum absolute atomic E-state index is 10.9. The van der Waals surface area contributed by atoms with Crippen molar-refractivity contribution in [2.24, 2.45) is 5.84 Å². The first-order valence-electron chi connectivity index (χ1n) is 5.03. The highest BCUT2D eigenvalue weighted by atomic mass is 35.5. The van der Waals surface area contributed by atoms with Crippen LogP contribution in [-0.2, 0) is 6.42 Å². The highest BCUT2D eigenvalue weighted by Crippen LogP contribution is 2.29. The molecule has 1 rings (SSSR count). The maximum Gasteiger partial charge on any atom is 0.275 e. The molecule has 0 amide bonds. The van der Waals surface area contributed by atoms with Gasteiger partial charge in [-0.25, -0.2) is 0 Å². The predicted molar refractivity (Wildman–Crippen MR) is 69.7 cm³/mol. The van der Waals surface area contributed by atoms with Crippen LogP contribution in [0.25, 0.3) is 0 Å². The number of nitro benzene ring substituents is 1. The van der Waals surface area contributed by atoms with Crippen LogP contribution in [0.3, 0.4) is 0 Å². The van der Waals surface area contributed by atoms with Gasteiger partial charge in [0.2, 0.25) is 0 Å². The van der Waals surface area contributed by atoms with Gasteiger partial charge in [0.15, 0.2) is 0 Å². The first kappa shape index (κ1) is 16.6. The van der Waals surface area contributed by atoms with Crippen molar-refractivity contribution in [1.82, 2.24) is 0 Å². The van der Waals surface area contributed by atoms with Crippen LogP contribution in [0.15, 0.2) is 12.1 Å². The number of benzene rings is 1. The molecule has 0 radical (unpaired) electrons.